The van der Waals surface area contributed by atoms with E-state index in [1.165, 1.54) is 12.8 Å². The van der Waals surface area contributed by atoms with Crippen molar-refractivity contribution in [3.63, 3.8) is 0 Å². The zero-order valence-corrected chi connectivity index (χ0v) is 12.3. The lowest BCUT2D eigenvalue weighted by Crippen LogP contribution is -2.32. The summed E-state index contributed by atoms with van der Waals surface area (Å²) < 4.78 is 10.8. The van der Waals surface area contributed by atoms with Gasteiger partial charge in [-0.05, 0) is 63.4 Å². The largest absolute Gasteiger partial charge is 0.497 e. The number of methoxy groups -OCH3 is 1. The van der Waals surface area contributed by atoms with E-state index >= 15 is 0 Å². The van der Waals surface area contributed by atoms with Crippen LogP contribution in [0.15, 0.2) is 24.3 Å². The van der Waals surface area contributed by atoms with E-state index in [4.69, 9.17) is 9.47 Å². The van der Waals surface area contributed by atoms with Crippen LogP contribution in [0.3, 0.4) is 0 Å². The van der Waals surface area contributed by atoms with Crippen molar-refractivity contribution in [3.05, 3.63) is 24.3 Å². The quantitative estimate of drug-likeness (QED) is 0.672. The number of benzene rings is 1. The third-order valence-corrected chi connectivity index (χ3v) is 3.98. The molecule has 0 saturated heterocycles. The molecular formula is C16H25NO2. The van der Waals surface area contributed by atoms with Gasteiger partial charge in [0.1, 0.15) is 11.5 Å². The van der Waals surface area contributed by atoms with E-state index in [2.05, 4.69) is 18.9 Å². The molecule has 0 radical (unpaired) electrons. The Hall–Kier alpha value is -1.22. The van der Waals surface area contributed by atoms with Crippen molar-refractivity contribution in [2.24, 2.45) is 5.92 Å². The van der Waals surface area contributed by atoms with Crippen LogP contribution in [-0.2, 0) is 0 Å². The summed E-state index contributed by atoms with van der Waals surface area (Å²) in [5.41, 5.74) is 0. The highest BCUT2D eigenvalue weighted by atomic mass is 16.5. The van der Waals surface area contributed by atoms with Gasteiger partial charge in [-0.3, -0.25) is 0 Å². The Morgan fingerprint density at radius 2 is 1.84 bits per heavy atom. The first kappa shape index (κ1) is 14.2. The fraction of sp³-hybridized carbons (Fsp3) is 0.625. The summed E-state index contributed by atoms with van der Waals surface area (Å²) in [6, 6.07) is 8.49. The standard InChI is InChI=1S/C16H25NO2/c1-13(14-5-6-14)17(2)11-4-12-19-16-9-7-15(18-3)8-10-16/h7-10,13-14H,4-6,11-12H2,1-3H3. The molecule has 0 heterocycles. The second-order valence-corrected chi connectivity index (χ2v) is 5.44. The molecule has 106 valence electrons. The van der Waals surface area contributed by atoms with Crippen LogP contribution in [0.5, 0.6) is 11.5 Å². The van der Waals surface area contributed by atoms with Crippen LogP contribution in [0.1, 0.15) is 26.2 Å². The van der Waals surface area contributed by atoms with Crippen molar-refractivity contribution in [1.29, 1.82) is 0 Å². The van der Waals surface area contributed by atoms with Crippen molar-refractivity contribution in [2.45, 2.75) is 32.2 Å². The third kappa shape index (κ3) is 4.43. The molecule has 1 fully saturated rings. The Bertz CT molecular complexity index is 373. The molecule has 0 N–H and O–H groups in total. The van der Waals surface area contributed by atoms with E-state index in [0.29, 0.717) is 0 Å². The molecule has 1 atom stereocenters. The first-order valence-electron chi connectivity index (χ1n) is 7.18. The summed E-state index contributed by atoms with van der Waals surface area (Å²) in [4.78, 5) is 2.45. The predicted octanol–water partition coefficient (Wildman–Crippen LogP) is 3.19. The second kappa shape index (κ2) is 6.80. The Morgan fingerprint density at radius 3 is 2.42 bits per heavy atom. The molecule has 3 heteroatoms. The molecule has 1 aliphatic carbocycles. The fourth-order valence-electron chi connectivity index (χ4n) is 2.32. The lowest BCUT2D eigenvalue weighted by molar-refractivity contribution is 0.209. The minimum absolute atomic E-state index is 0.723. The molecule has 3 nitrogen and oxygen atoms in total. The number of ether oxygens (including phenoxy) is 2. The van der Waals surface area contributed by atoms with Crippen LogP contribution in [0, 0.1) is 5.92 Å². The molecule has 19 heavy (non-hydrogen) atoms. The maximum atomic E-state index is 5.73. The van der Waals surface area contributed by atoms with Crippen molar-refractivity contribution in [1.82, 2.24) is 4.90 Å². The van der Waals surface area contributed by atoms with Gasteiger partial charge in [0.2, 0.25) is 0 Å². The Balaban J connectivity index is 1.62. The van der Waals surface area contributed by atoms with Crippen molar-refractivity contribution >= 4 is 0 Å². The smallest absolute Gasteiger partial charge is 0.119 e. The van der Waals surface area contributed by atoms with Gasteiger partial charge in [-0.25, -0.2) is 0 Å². The molecule has 0 amide bonds. The number of hydrogen-bond acceptors (Lipinski definition) is 3. The van der Waals surface area contributed by atoms with Crippen molar-refractivity contribution in [2.75, 3.05) is 27.3 Å². The molecule has 1 unspecified atom stereocenters. The molecule has 1 saturated carbocycles. The molecule has 1 aromatic rings. The summed E-state index contributed by atoms with van der Waals surface area (Å²) in [5, 5.41) is 0. The molecule has 0 aromatic heterocycles. The molecule has 0 spiro atoms. The summed E-state index contributed by atoms with van der Waals surface area (Å²) in [5.74, 6) is 2.72. The topological polar surface area (TPSA) is 21.7 Å². The van der Waals surface area contributed by atoms with Gasteiger partial charge in [-0.1, -0.05) is 0 Å². The zero-order chi connectivity index (χ0) is 13.7. The van der Waals surface area contributed by atoms with Gasteiger partial charge < -0.3 is 14.4 Å². The Kier molecular flexibility index (Phi) is 5.08. The molecule has 0 bridgehead atoms. The number of rotatable bonds is 8. The van der Waals surface area contributed by atoms with E-state index in [0.717, 1.165) is 43.0 Å². The maximum Gasteiger partial charge on any atom is 0.119 e. The Labute approximate surface area is 116 Å². The van der Waals surface area contributed by atoms with Gasteiger partial charge in [0, 0.05) is 12.6 Å². The van der Waals surface area contributed by atoms with Crippen LogP contribution < -0.4 is 9.47 Å². The Morgan fingerprint density at radius 1 is 1.21 bits per heavy atom. The summed E-state index contributed by atoms with van der Waals surface area (Å²) >= 11 is 0. The molecule has 0 aliphatic heterocycles. The van der Waals surface area contributed by atoms with E-state index in [9.17, 15) is 0 Å². The van der Waals surface area contributed by atoms with Gasteiger partial charge in [0.15, 0.2) is 0 Å². The molecular weight excluding hydrogens is 238 g/mol. The number of nitrogens with zero attached hydrogens (tertiary/aromatic N) is 1. The zero-order valence-electron chi connectivity index (χ0n) is 12.3. The van der Waals surface area contributed by atoms with Gasteiger partial charge in [-0.2, -0.15) is 0 Å². The monoisotopic (exact) mass is 263 g/mol. The van der Waals surface area contributed by atoms with Crippen molar-refractivity contribution in [3.8, 4) is 11.5 Å². The molecule has 1 aliphatic rings. The molecule has 1 aromatic carbocycles. The first-order valence-corrected chi connectivity index (χ1v) is 7.18. The number of hydrogen-bond donors (Lipinski definition) is 0. The van der Waals surface area contributed by atoms with E-state index in [1.807, 2.05) is 24.3 Å². The van der Waals surface area contributed by atoms with Gasteiger partial charge in [-0.15, -0.1) is 0 Å². The highest BCUT2D eigenvalue weighted by molar-refractivity contribution is 5.31. The van der Waals surface area contributed by atoms with Gasteiger partial charge >= 0.3 is 0 Å². The van der Waals surface area contributed by atoms with Gasteiger partial charge in [0.05, 0.1) is 13.7 Å². The molecule has 2 rings (SSSR count). The fourth-order valence-corrected chi connectivity index (χ4v) is 2.32. The average molecular weight is 263 g/mol. The van der Waals surface area contributed by atoms with E-state index < -0.39 is 0 Å². The lowest BCUT2D eigenvalue weighted by atomic mass is 10.2. The van der Waals surface area contributed by atoms with Gasteiger partial charge in [0.25, 0.3) is 0 Å². The summed E-state index contributed by atoms with van der Waals surface area (Å²) in [7, 11) is 3.89. The minimum atomic E-state index is 0.723. The highest BCUT2D eigenvalue weighted by Crippen LogP contribution is 2.34. The SMILES string of the molecule is COc1ccc(OCCCN(C)C(C)C2CC2)cc1. The minimum Gasteiger partial charge on any atom is -0.497 e. The third-order valence-electron chi connectivity index (χ3n) is 3.98. The maximum absolute atomic E-state index is 5.73. The van der Waals surface area contributed by atoms with Crippen LogP contribution in [-0.4, -0.2) is 38.3 Å². The van der Waals surface area contributed by atoms with Crippen LogP contribution in [0.25, 0.3) is 0 Å². The normalized spacial score (nSPS) is 16.4. The van der Waals surface area contributed by atoms with Crippen molar-refractivity contribution < 1.29 is 9.47 Å². The average Bonchev–Trinajstić information content (AvgIpc) is 3.27. The van der Waals surface area contributed by atoms with Crippen LogP contribution >= 0.6 is 0 Å². The lowest BCUT2D eigenvalue weighted by Gasteiger charge is -2.24. The van der Waals surface area contributed by atoms with Crippen LogP contribution in [0.4, 0.5) is 0 Å². The predicted molar refractivity (Wildman–Crippen MR) is 77.9 cm³/mol. The van der Waals surface area contributed by atoms with E-state index in [1.54, 1.807) is 7.11 Å². The summed E-state index contributed by atoms with van der Waals surface area (Å²) in [6.45, 7) is 4.21. The van der Waals surface area contributed by atoms with Crippen LogP contribution in [0.2, 0.25) is 0 Å². The first-order chi connectivity index (χ1) is 9.20. The second-order valence-electron chi connectivity index (χ2n) is 5.44. The summed E-state index contributed by atoms with van der Waals surface area (Å²) in [6.07, 6.45) is 3.89. The highest BCUT2D eigenvalue weighted by Gasteiger charge is 2.29. The van der Waals surface area contributed by atoms with E-state index in [-0.39, 0.29) is 0 Å².